The molecule has 2 aromatic carbocycles. The van der Waals surface area contributed by atoms with Gasteiger partial charge >= 0.3 is 0 Å². The number of amides is 1. The second kappa shape index (κ2) is 8.12. The third kappa shape index (κ3) is 4.08. The molecule has 0 unspecified atom stereocenters. The lowest BCUT2D eigenvalue weighted by atomic mass is 10.1. The van der Waals surface area contributed by atoms with Crippen molar-refractivity contribution in [2.75, 3.05) is 11.1 Å². The van der Waals surface area contributed by atoms with E-state index >= 15 is 0 Å². The molecule has 0 bridgehead atoms. The third-order valence-electron chi connectivity index (χ3n) is 4.40. The third-order valence-corrected chi connectivity index (χ3v) is 6.06. The summed E-state index contributed by atoms with van der Waals surface area (Å²) in [6.07, 6.45) is 0. The number of carbonyl (C=O) groups excluding carboxylic acids is 1. The molecule has 0 saturated carbocycles. The number of thioether (sulfide) groups is 1. The van der Waals surface area contributed by atoms with Crippen LogP contribution in [0.3, 0.4) is 0 Å². The van der Waals surface area contributed by atoms with Crippen molar-refractivity contribution < 1.29 is 4.79 Å². The van der Waals surface area contributed by atoms with Crippen molar-refractivity contribution in [2.45, 2.75) is 18.9 Å². The first kappa shape index (κ1) is 18.7. The molecular weight excluding hydrogens is 386 g/mol. The minimum atomic E-state index is -0.0803. The largest absolute Gasteiger partial charge is 0.301 e. The molecule has 4 nitrogen and oxygen atoms in total. The highest BCUT2D eigenvalue weighted by Crippen LogP contribution is 2.27. The van der Waals surface area contributed by atoms with E-state index in [4.69, 9.17) is 4.98 Å². The van der Waals surface area contributed by atoms with Crippen LogP contribution < -0.4 is 5.32 Å². The van der Waals surface area contributed by atoms with Crippen molar-refractivity contribution in [2.24, 2.45) is 0 Å². The van der Waals surface area contributed by atoms with E-state index in [0.717, 1.165) is 32.7 Å². The predicted octanol–water partition coefficient (Wildman–Crippen LogP) is 5.71. The number of pyridine rings is 1. The van der Waals surface area contributed by atoms with Gasteiger partial charge in [-0.3, -0.25) is 4.79 Å². The molecule has 6 heteroatoms. The van der Waals surface area contributed by atoms with Crippen LogP contribution in [0, 0.1) is 13.8 Å². The molecule has 4 rings (SSSR count). The number of thiazole rings is 1. The molecule has 0 fully saturated rings. The zero-order valence-corrected chi connectivity index (χ0v) is 17.2. The maximum Gasteiger partial charge on any atom is 0.236 e. The van der Waals surface area contributed by atoms with Crippen molar-refractivity contribution >= 4 is 45.0 Å². The van der Waals surface area contributed by atoms with E-state index in [2.05, 4.69) is 36.3 Å². The van der Waals surface area contributed by atoms with E-state index in [1.165, 1.54) is 28.7 Å². The van der Waals surface area contributed by atoms with Crippen molar-refractivity contribution in [3.8, 4) is 11.3 Å². The zero-order chi connectivity index (χ0) is 19.5. The molecule has 0 aliphatic heterocycles. The molecule has 0 atom stereocenters. The SMILES string of the molecule is Cc1cc(SCC(=O)Nc2nc(-c3ccccc3)cs2)nc2c(C)cccc12. The quantitative estimate of drug-likeness (QED) is 0.432. The number of hydrogen-bond acceptors (Lipinski definition) is 5. The minimum Gasteiger partial charge on any atom is -0.301 e. The summed E-state index contributed by atoms with van der Waals surface area (Å²) in [5.41, 5.74) is 5.22. The van der Waals surface area contributed by atoms with Crippen LogP contribution in [0.5, 0.6) is 0 Å². The number of carbonyl (C=O) groups is 1. The molecular formula is C22H19N3OS2. The Labute approximate surface area is 172 Å². The average Bonchev–Trinajstić information content (AvgIpc) is 3.16. The Bertz CT molecular complexity index is 1140. The van der Waals surface area contributed by atoms with Crippen LogP contribution in [-0.4, -0.2) is 21.6 Å². The van der Waals surface area contributed by atoms with Crippen LogP contribution in [0.2, 0.25) is 0 Å². The number of anilines is 1. The van der Waals surface area contributed by atoms with Gasteiger partial charge in [0.15, 0.2) is 5.13 Å². The smallest absolute Gasteiger partial charge is 0.236 e. The van der Waals surface area contributed by atoms with Crippen LogP contribution in [0.15, 0.2) is 65.0 Å². The van der Waals surface area contributed by atoms with Gasteiger partial charge in [-0.15, -0.1) is 11.3 Å². The molecule has 0 aliphatic carbocycles. The molecule has 28 heavy (non-hydrogen) atoms. The fourth-order valence-electron chi connectivity index (χ4n) is 2.97. The van der Waals surface area contributed by atoms with Crippen molar-refractivity contribution in [3.05, 3.63) is 71.1 Å². The number of para-hydroxylation sites is 1. The highest BCUT2D eigenvalue weighted by atomic mass is 32.2. The van der Waals surface area contributed by atoms with Crippen LogP contribution in [0.1, 0.15) is 11.1 Å². The lowest BCUT2D eigenvalue weighted by Crippen LogP contribution is -2.14. The monoisotopic (exact) mass is 405 g/mol. The first-order chi connectivity index (χ1) is 13.6. The normalized spacial score (nSPS) is 10.9. The molecule has 1 amide bonds. The summed E-state index contributed by atoms with van der Waals surface area (Å²) < 4.78 is 0. The molecule has 4 aromatic rings. The molecule has 0 spiro atoms. The molecule has 1 N–H and O–H groups in total. The van der Waals surface area contributed by atoms with Crippen molar-refractivity contribution in [3.63, 3.8) is 0 Å². The predicted molar refractivity (Wildman–Crippen MR) is 118 cm³/mol. The average molecular weight is 406 g/mol. The number of nitrogens with one attached hydrogen (secondary N) is 1. The highest BCUT2D eigenvalue weighted by Gasteiger charge is 2.10. The summed E-state index contributed by atoms with van der Waals surface area (Å²) in [6, 6.07) is 18.2. The Morgan fingerprint density at radius 2 is 1.86 bits per heavy atom. The number of rotatable bonds is 5. The van der Waals surface area contributed by atoms with E-state index in [9.17, 15) is 4.79 Å². The minimum absolute atomic E-state index is 0.0803. The topological polar surface area (TPSA) is 54.9 Å². The maximum absolute atomic E-state index is 12.4. The zero-order valence-electron chi connectivity index (χ0n) is 15.6. The van der Waals surface area contributed by atoms with Crippen molar-refractivity contribution in [1.82, 2.24) is 9.97 Å². The molecule has 140 valence electrons. The summed E-state index contributed by atoms with van der Waals surface area (Å²) >= 11 is 2.88. The van der Waals surface area contributed by atoms with Gasteiger partial charge in [0, 0.05) is 16.3 Å². The van der Waals surface area contributed by atoms with Gasteiger partial charge in [0.05, 0.1) is 22.0 Å². The Balaban J connectivity index is 1.42. The van der Waals surface area contributed by atoms with E-state index in [1.54, 1.807) is 0 Å². The summed E-state index contributed by atoms with van der Waals surface area (Å²) in [4.78, 5) is 21.6. The van der Waals surface area contributed by atoms with E-state index in [1.807, 2.05) is 47.8 Å². The second-order valence-electron chi connectivity index (χ2n) is 6.49. The van der Waals surface area contributed by atoms with Gasteiger partial charge in [-0.1, -0.05) is 60.3 Å². The van der Waals surface area contributed by atoms with Gasteiger partial charge in [-0.05, 0) is 31.0 Å². The van der Waals surface area contributed by atoms with E-state index < -0.39 is 0 Å². The number of nitrogens with zero attached hydrogens (tertiary/aromatic N) is 2. The Morgan fingerprint density at radius 3 is 2.68 bits per heavy atom. The van der Waals surface area contributed by atoms with Gasteiger partial charge in [0.25, 0.3) is 0 Å². The fraction of sp³-hybridized carbons (Fsp3) is 0.136. The second-order valence-corrected chi connectivity index (χ2v) is 8.34. The highest BCUT2D eigenvalue weighted by molar-refractivity contribution is 7.99. The lowest BCUT2D eigenvalue weighted by Gasteiger charge is -2.08. The number of aryl methyl sites for hydroxylation is 2. The molecule has 2 aromatic heterocycles. The van der Waals surface area contributed by atoms with Crippen molar-refractivity contribution in [1.29, 1.82) is 0 Å². The lowest BCUT2D eigenvalue weighted by molar-refractivity contribution is -0.113. The summed E-state index contributed by atoms with van der Waals surface area (Å²) in [5, 5.41) is 7.47. The Morgan fingerprint density at radius 1 is 1.04 bits per heavy atom. The van der Waals surface area contributed by atoms with E-state index in [-0.39, 0.29) is 5.91 Å². The molecule has 0 aliphatic rings. The molecule has 2 heterocycles. The molecule has 0 radical (unpaired) electrons. The number of hydrogen-bond donors (Lipinski definition) is 1. The maximum atomic E-state index is 12.4. The van der Waals surface area contributed by atoms with Gasteiger partial charge in [-0.25, -0.2) is 9.97 Å². The van der Waals surface area contributed by atoms with Gasteiger partial charge in [0.2, 0.25) is 5.91 Å². The fourth-order valence-corrected chi connectivity index (χ4v) is 4.48. The number of aromatic nitrogens is 2. The van der Waals surface area contributed by atoms with E-state index in [0.29, 0.717) is 10.9 Å². The van der Waals surface area contributed by atoms with Crippen LogP contribution in [0.25, 0.3) is 22.2 Å². The Kier molecular flexibility index (Phi) is 5.41. The number of benzene rings is 2. The van der Waals surface area contributed by atoms with Crippen LogP contribution >= 0.6 is 23.1 Å². The van der Waals surface area contributed by atoms with Crippen LogP contribution in [-0.2, 0) is 4.79 Å². The first-order valence-corrected chi connectivity index (χ1v) is 10.8. The first-order valence-electron chi connectivity index (χ1n) is 8.91. The van der Waals surface area contributed by atoms with Gasteiger partial charge < -0.3 is 5.32 Å². The standard InChI is InChI=1S/C22H19N3OS2/c1-14-7-6-10-17-15(2)11-20(25-21(14)17)27-13-19(26)24-22-23-18(12-28-22)16-8-4-3-5-9-16/h3-12H,13H2,1-2H3,(H,23,24,26). The Hall–Kier alpha value is -2.70. The summed E-state index contributed by atoms with van der Waals surface area (Å²) in [6.45, 7) is 4.14. The van der Waals surface area contributed by atoms with Gasteiger partial charge in [-0.2, -0.15) is 0 Å². The summed E-state index contributed by atoms with van der Waals surface area (Å²) in [5.74, 6) is 0.215. The molecule has 0 saturated heterocycles. The number of fused-ring (bicyclic) bond motifs is 1. The van der Waals surface area contributed by atoms with Crippen LogP contribution in [0.4, 0.5) is 5.13 Å². The van der Waals surface area contributed by atoms with Gasteiger partial charge in [0.1, 0.15) is 0 Å². The summed E-state index contributed by atoms with van der Waals surface area (Å²) in [7, 11) is 0.